The van der Waals surface area contributed by atoms with Crippen LogP contribution in [0, 0.1) is 24.6 Å². The van der Waals surface area contributed by atoms with Gasteiger partial charge in [0.25, 0.3) is 5.91 Å². The van der Waals surface area contributed by atoms with Crippen molar-refractivity contribution in [3.8, 4) is 11.8 Å². The average Bonchev–Trinajstić information content (AvgIpc) is 2.82. The molecule has 0 radical (unpaired) electrons. The molecule has 0 aliphatic rings. The molecule has 0 saturated carbocycles. The maximum atomic E-state index is 13.3. The zero-order valence-electron chi connectivity index (χ0n) is 10.7. The Kier molecular flexibility index (Phi) is 4.13. The molecular weight excluding hydrogens is 261 g/mol. The molecule has 102 valence electrons. The molecule has 0 atom stereocenters. The molecule has 2 rings (SSSR count). The number of nitrogens with zero attached hydrogens (tertiary/aromatic N) is 1. The third-order valence-corrected chi connectivity index (χ3v) is 2.39. The van der Waals surface area contributed by atoms with Crippen LogP contribution in [0.15, 0.2) is 28.9 Å². The fraction of sp³-hybridized carbons (Fsp3) is 0.143. The van der Waals surface area contributed by atoms with Crippen molar-refractivity contribution < 1.29 is 13.6 Å². The Balaban J connectivity index is 2.30. The molecule has 0 aliphatic heterocycles. The van der Waals surface area contributed by atoms with E-state index in [1.54, 1.807) is 6.92 Å². The molecular formula is C14H12FN3O2. The van der Waals surface area contributed by atoms with E-state index in [4.69, 9.17) is 10.2 Å². The Labute approximate surface area is 115 Å². The van der Waals surface area contributed by atoms with E-state index in [1.807, 2.05) is 0 Å². The van der Waals surface area contributed by atoms with Crippen LogP contribution in [0.2, 0.25) is 0 Å². The van der Waals surface area contributed by atoms with Gasteiger partial charge in [-0.25, -0.2) is 4.39 Å². The first-order valence-electron chi connectivity index (χ1n) is 5.82. The summed E-state index contributed by atoms with van der Waals surface area (Å²) in [4.78, 5) is 16.0. The topological polar surface area (TPSA) is 81.2 Å². The normalized spacial score (nSPS) is 9.75. The van der Waals surface area contributed by atoms with Gasteiger partial charge in [-0.1, -0.05) is 11.8 Å². The maximum absolute atomic E-state index is 13.3. The molecule has 6 heteroatoms. The minimum atomic E-state index is -0.548. The van der Waals surface area contributed by atoms with Gasteiger partial charge < -0.3 is 10.2 Å². The molecule has 2 aromatic rings. The van der Waals surface area contributed by atoms with Gasteiger partial charge in [-0.2, -0.15) is 4.98 Å². The summed E-state index contributed by atoms with van der Waals surface area (Å²) in [7, 11) is 0. The maximum Gasteiger partial charge on any atom is 0.301 e. The monoisotopic (exact) mass is 273 g/mol. The largest absolute Gasteiger partial charge is 0.432 e. The summed E-state index contributed by atoms with van der Waals surface area (Å²) in [6, 6.07) is 3.81. The predicted molar refractivity (Wildman–Crippen MR) is 71.5 cm³/mol. The number of amides is 1. The summed E-state index contributed by atoms with van der Waals surface area (Å²) in [6.45, 7) is 1.87. The second-order valence-electron chi connectivity index (χ2n) is 3.94. The lowest BCUT2D eigenvalue weighted by Crippen LogP contribution is -2.14. The summed E-state index contributed by atoms with van der Waals surface area (Å²) < 4.78 is 18.3. The highest BCUT2D eigenvalue weighted by Crippen LogP contribution is 2.14. The van der Waals surface area contributed by atoms with Gasteiger partial charge in [-0.15, -0.1) is 0 Å². The number of hydrogen-bond donors (Lipinski definition) is 2. The smallest absolute Gasteiger partial charge is 0.301 e. The quantitative estimate of drug-likeness (QED) is 0.816. The molecule has 0 aliphatic carbocycles. The van der Waals surface area contributed by atoms with Gasteiger partial charge in [0.15, 0.2) is 0 Å². The van der Waals surface area contributed by atoms with Crippen molar-refractivity contribution in [2.24, 2.45) is 5.73 Å². The van der Waals surface area contributed by atoms with E-state index in [0.717, 1.165) is 6.07 Å². The third kappa shape index (κ3) is 3.22. The number of nitrogens with one attached hydrogen (secondary N) is 1. The Morgan fingerprint density at radius 1 is 1.55 bits per heavy atom. The molecule has 1 aromatic heterocycles. The van der Waals surface area contributed by atoms with Crippen molar-refractivity contribution in [3.63, 3.8) is 0 Å². The van der Waals surface area contributed by atoms with Crippen molar-refractivity contribution in [1.82, 2.24) is 4.98 Å². The molecule has 0 spiro atoms. The first-order valence-corrected chi connectivity index (χ1v) is 5.82. The second-order valence-corrected chi connectivity index (χ2v) is 3.94. The Hall–Kier alpha value is -2.65. The van der Waals surface area contributed by atoms with Gasteiger partial charge in [-0.05, 0) is 25.1 Å². The van der Waals surface area contributed by atoms with Crippen molar-refractivity contribution in [2.75, 3.05) is 11.9 Å². The Morgan fingerprint density at radius 3 is 3.00 bits per heavy atom. The predicted octanol–water partition coefficient (Wildman–Crippen LogP) is 1.68. The van der Waals surface area contributed by atoms with Crippen LogP contribution < -0.4 is 11.1 Å². The van der Waals surface area contributed by atoms with E-state index in [1.165, 1.54) is 18.4 Å². The van der Waals surface area contributed by atoms with E-state index >= 15 is 0 Å². The number of hydrogen-bond acceptors (Lipinski definition) is 4. The number of nitrogens with two attached hydrogens (primary N) is 1. The van der Waals surface area contributed by atoms with Crippen molar-refractivity contribution in [1.29, 1.82) is 0 Å². The average molecular weight is 273 g/mol. The molecule has 5 nitrogen and oxygen atoms in total. The van der Waals surface area contributed by atoms with Crippen molar-refractivity contribution >= 4 is 11.9 Å². The van der Waals surface area contributed by atoms with E-state index in [-0.39, 0.29) is 18.1 Å². The van der Waals surface area contributed by atoms with Crippen LogP contribution in [0.4, 0.5) is 10.4 Å². The zero-order chi connectivity index (χ0) is 14.5. The Bertz CT molecular complexity index is 698. The number of aryl methyl sites for hydroxylation is 1. The molecule has 0 fully saturated rings. The summed E-state index contributed by atoms with van der Waals surface area (Å²) in [6.07, 6.45) is 1.40. The summed E-state index contributed by atoms with van der Waals surface area (Å²) >= 11 is 0. The highest BCUT2D eigenvalue weighted by atomic mass is 19.1. The fourth-order valence-corrected chi connectivity index (χ4v) is 1.54. The first kappa shape index (κ1) is 13.8. The lowest BCUT2D eigenvalue weighted by atomic mass is 10.1. The summed E-state index contributed by atoms with van der Waals surface area (Å²) in [5, 5.41) is 2.44. The second kappa shape index (κ2) is 5.99. The fourth-order valence-electron chi connectivity index (χ4n) is 1.54. The van der Waals surface area contributed by atoms with E-state index in [9.17, 15) is 9.18 Å². The van der Waals surface area contributed by atoms with Crippen LogP contribution in [-0.4, -0.2) is 17.4 Å². The van der Waals surface area contributed by atoms with Gasteiger partial charge in [-0.3, -0.25) is 10.1 Å². The van der Waals surface area contributed by atoms with Crippen LogP contribution in [0.5, 0.6) is 0 Å². The molecule has 0 bridgehead atoms. The highest BCUT2D eigenvalue weighted by Gasteiger charge is 2.14. The third-order valence-electron chi connectivity index (χ3n) is 2.39. The van der Waals surface area contributed by atoms with Crippen LogP contribution in [0.3, 0.4) is 0 Å². The van der Waals surface area contributed by atoms with Gasteiger partial charge >= 0.3 is 6.01 Å². The van der Waals surface area contributed by atoms with Crippen LogP contribution in [0.1, 0.15) is 21.6 Å². The molecule has 1 aromatic carbocycles. The molecule has 0 saturated heterocycles. The minimum absolute atomic E-state index is 0.0505. The Morgan fingerprint density at radius 2 is 2.35 bits per heavy atom. The molecule has 0 unspecified atom stereocenters. The highest BCUT2D eigenvalue weighted by molar-refractivity contribution is 6.05. The number of aromatic nitrogens is 1. The lowest BCUT2D eigenvalue weighted by Gasteiger charge is -2.04. The lowest BCUT2D eigenvalue weighted by molar-refractivity contribution is 0.102. The van der Waals surface area contributed by atoms with Crippen LogP contribution in [0.25, 0.3) is 0 Å². The van der Waals surface area contributed by atoms with E-state index in [2.05, 4.69) is 22.1 Å². The van der Waals surface area contributed by atoms with Gasteiger partial charge in [0.05, 0.1) is 17.8 Å². The number of carbonyl (C=O) groups excluding carboxylic acids is 1. The van der Waals surface area contributed by atoms with Gasteiger partial charge in [0, 0.05) is 5.56 Å². The van der Waals surface area contributed by atoms with E-state index in [0.29, 0.717) is 11.3 Å². The van der Waals surface area contributed by atoms with Crippen molar-refractivity contribution in [3.05, 3.63) is 47.1 Å². The molecule has 1 heterocycles. The minimum Gasteiger partial charge on any atom is -0.432 e. The summed E-state index contributed by atoms with van der Waals surface area (Å²) in [5.41, 5.74) is 6.40. The number of rotatable bonds is 2. The van der Waals surface area contributed by atoms with Gasteiger partial charge in [0.1, 0.15) is 12.1 Å². The van der Waals surface area contributed by atoms with E-state index < -0.39 is 11.7 Å². The standard InChI is InChI=1S/C14H12FN3O2/c1-9-8-20-14(17-9)18-13(19)12-7-11(15)5-4-10(12)3-2-6-16/h4-5,7-8H,6,16H2,1H3,(H,17,18,19). The first-order chi connectivity index (χ1) is 9.60. The van der Waals surface area contributed by atoms with Crippen LogP contribution in [-0.2, 0) is 0 Å². The number of carbonyl (C=O) groups is 1. The molecule has 20 heavy (non-hydrogen) atoms. The number of halogens is 1. The molecule has 1 amide bonds. The van der Waals surface area contributed by atoms with Crippen LogP contribution >= 0.6 is 0 Å². The summed E-state index contributed by atoms with van der Waals surface area (Å²) in [5.74, 6) is 4.26. The van der Waals surface area contributed by atoms with Crippen molar-refractivity contribution in [2.45, 2.75) is 6.92 Å². The number of benzene rings is 1. The van der Waals surface area contributed by atoms with Gasteiger partial charge in [0.2, 0.25) is 0 Å². The zero-order valence-corrected chi connectivity index (χ0v) is 10.7. The number of anilines is 1. The number of oxazole rings is 1. The molecule has 3 N–H and O–H groups in total. The SMILES string of the molecule is Cc1coc(NC(=O)c2cc(F)ccc2C#CCN)n1.